The second-order valence-corrected chi connectivity index (χ2v) is 9.06. The minimum Gasteiger partial charge on any atom is -0.467 e. The number of benzene rings is 1. The van der Waals surface area contributed by atoms with Crippen molar-refractivity contribution in [2.75, 3.05) is 25.1 Å². The van der Waals surface area contributed by atoms with Crippen LogP contribution in [-0.2, 0) is 20.8 Å². The Morgan fingerprint density at radius 3 is 2.71 bits per heavy atom. The highest BCUT2D eigenvalue weighted by atomic mass is 19.1. The third-order valence-corrected chi connectivity index (χ3v) is 6.04. The second kappa shape index (κ2) is 11.0. The number of imidazole rings is 1. The number of amides is 1. The number of nitrogens with one attached hydrogen (secondary N) is 3. The molecule has 3 aromatic heterocycles. The van der Waals surface area contributed by atoms with Crippen molar-refractivity contribution in [3.8, 4) is 22.6 Å². The molecular formula is C27H27FN6O4. The number of rotatable bonds is 9. The summed E-state index contributed by atoms with van der Waals surface area (Å²) in [6, 6.07) is 11.4. The van der Waals surface area contributed by atoms with Gasteiger partial charge in [-0.2, -0.15) is 0 Å². The molecule has 38 heavy (non-hydrogen) atoms. The van der Waals surface area contributed by atoms with Gasteiger partial charge in [-0.1, -0.05) is 6.08 Å². The van der Waals surface area contributed by atoms with Crippen LogP contribution >= 0.6 is 0 Å². The van der Waals surface area contributed by atoms with E-state index in [4.69, 9.17) is 18.9 Å². The maximum absolute atomic E-state index is 13.6. The van der Waals surface area contributed by atoms with Crippen LogP contribution in [0.3, 0.4) is 0 Å². The summed E-state index contributed by atoms with van der Waals surface area (Å²) >= 11 is 0. The normalized spacial score (nSPS) is 19.2. The van der Waals surface area contributed by atoms with Crippen LogP contribution in [0.5, 0.6) is 0 Å². The van der Waals surface area contributed by atoms with Crippen molar-refractivity contribution in [3.05, 3.63) is 85.0 Å². The molecule has 1 fully saturated rings. The van der Waals surface area contributed by atoms with E-state index in [0.29, 0.717) is 47.5 Å². The lowest BCUT2D eigenvalue weighted by Crippen LogP contribution is -2.48. The zero-order valence-corrected chi connectivity index (χ0v) is 20.7. The molecule has 0 saturated carbocycles. The quantitative estimate of drug-likeness (QED) is 0.281. The average molecular weight is 519 g/mol. The molecule has 3 N–H and O–H groups in total. The van der Waals surface area contributed by atoms with E-state index >= 15 is 0 Å². The molecule has 1 amide bonds. The number of hydrogen-bond acceptors (Lipinski definition) is 8. The maximum atomic E-state index is 13.6. The fourth-order valence-corrected chi connectivity index (χ4v) is 3.94. The van der Waals surface area contributed by atoms with Crippen LogP contribution < -0.4 is 10.6 Å². The molecule has 4 heterocycles. The van der Waals surface area contributed by atoms with Gasteiger partial charge in [-0.3, -0.25) is 4.79 Å². The number of aromatic nitrogens is 4. The molecule has 11 heteroatoms. The molecule has 5 rings (SSSR count). The van der Waals surface area contributed by atoms with Crippen LogP contribution in [0.25, 0.3) is 22.6 Å². The lowest BCUT2D eigenvalue weighted by Gasteiger charge is -2.35. The van der Waals surface area contributed by atoms with Gasteiger partial charge in [-0.15, -0.1) is 6.58 Å². The number of nitrogens with zero attached hydrogens (tertiary/aromatic N) is 3. The summed E-state index contributed by atoms with van der Waals surface area (Å²) in [5, 5.41) is 5.92. The third kappa shape index (κ3) is 5.48. The molecule has 196 valence electrons. The SMILES string of the molecule is C=CCNC(=O)C1(C)COC(c2nc(-c3ccc(F)cc3)c(-c3ccnc(NCc4ccco4)n3)[nH]2)OC1. The summed E-state index contributed by atoms with van der Waals surface area (Å²) < 4.78 is 30.9. The molecule has 0 bridgehead atoms. The van der Waals surface area contributed by atoms with E-state index in [1.807, 2.05) is 6.07 Å². The second-order valence-electron chi connectivity index (χ2n) is 9.06. The fourth-order valence-electron chi connectivity index (χ4n) is 3.94. The molecule has 4 aromatic rings. The van der Waals surface area contributed by atoms with Crippen LogP contribution in [0, 0.1) is 11.2 Å². The van der Waals surface area contributed by atoms with Crippen molar-refractivity contribution in [3.63, 3.8) is 0 Å². The molecule has 0 aliphatic carbocycles. The lowest BCUT2D eigenvalue weighted by atomic mass is 9.91. The number of furan rings is 1. The molecule has 0 spiro atoms. The first-order valence-electron chi connectivity index (χ1n) is 12.0. The summed E-state index contributed by atoms with van der Waals surface area (Å²) in [7, 11) is 0. The zero-order chi connectivity index (χ0) is 26.5. The molecule has 1 aliphatic heterocycles. The van der Waals surface area contributed by atoms with Gasteiger partial charge in [-0.05, 0) is 49.4 Å². The Kier molecular flexibility index (Phi) is 7.29. The summed E-state index contributed by atoms with van der Waals surface area (Å²) in [6.07, 6.45) is 4.01. The van der Waals surface area contributed by atoms with Crippen LogP contribution in [0.2, 0.25) is 0 Å². The maximum Gasteiger partial charge on any atom is 0.230 e. The summed E-state index contributed by atoms with van der Waals surface area (Å²) in [5.74, 6) is 0.999. The number of ether oxygens (including phenoxy) is 2. The molecule has 1 aliphatic rings. The van der Waals surface area contributed by atoms with Crippen molar-refractivity contribution in [2.45, 2.75) is 19.8 Å². The van der Waals surface area contributed by atoms with E-state index < -0.39 is 11.7 Å². The van der Waals surface area contributed by atoms with Crippen molar-refractivity contribution < 1.29 is 23.1 Å². The summed E-state index contributed by atoms with van der Waals surface area (Å²) in [6.45, 7) is 6.44. The average Bonchev–Trinajstić information content (AvgIpc) is 3.62. The lowest BCUT2D eigenvalue weighted by molar-refractivity contribution is -0.230. The van der Waals surface area contributed by atoms with Gasteiger partial charge in [0.25, 0.3) is 0 Å². The first-order valence-corrected chi connectivity index (χ1v) is 12.0. The van der Waals surface area contributed by atoms with Crippen LogP contribution in [0.15, 0.2) is 72.0 Å². The predicted molar refractivity (Wildman–Crippen MR) is 137 cm³/mol. The zero-order valence-electron chi connectivity index (χ0n) is 20.7. The number of hydrogen-bond donors (Lipinski definition) is 3. The van der Waals surface area contributed by atoms with Crippen LogP contribution in [0.4, 0.5) is 10.3 Å². The van der Waals surface area contributed by atoms with E-state index in [9.17, 15) is 9.18 Å². The van der Waals surface area contributed by atoms with Gasteiger partial charge in [0.2, 0.25) is 18.1 Å². The van der Waals surface area contributed by atoms with Crippen molar-refractivity contribution in [2.24, 2.45) is 5.41 Å². The van der Waals surface area contributed by atoms with E-state index in [1.54, 1.807) is 49.7 Å². The first kappa shape index (κ1) is 25.3. The number of aromatic amines is 1. The Bertz CT molecular complexity index is 1400. The van der Waals surface area contributed by atoms with E-state index in [1.165, 1.54) is 12.1 Å². The monoisotopic (exact) mass is 518 g/mol. The molecule has 1 aromatic carbocycles. The summed E-state index contributed by atoms with van der Waals surface area (Å²) in [5.41, 5.74) is 1.51. The minimum atomic E-state index is -0.851. The van der Waals surface area contributed by atoms with Crippen LogP contribution in [-0.4, -0.2) is 45.6 Å². The number of anilines is 1. The smallest absolute Gasteiger partial charge is 0.230 e. The van der Waals surface area contributed by atoms with E-state index in [-0.39, 0.29) is 24.9 Å². The standard InChI is InChI=1S/C27H27FN6O4/c1-3-11-29-25(35)27(2)15-37-24(38-16-27)23-33-21(17-6-8-18(28)9-7-17)22(34-23)20-10-12-30-26(32-20)31-14-19-5-4-13-36-19/h3-10,12-13,24H,1,11,14-16H2,2H3,(H,29,35)(H,33,34)(H,30,31,32). The van der Waals surface area contributed by atoms with Crippen molar-refractivity contribution in [1.82, 2.24) is 25.3 Å². The highest BCUT2D eigenvalue weighted by molar-refractivity contribution is 5.82. The highest BCUT2D eigenvalue weighted by Gasteiger charge is 2.40. The third-order valence-electron chi connectivity index (χ3n) is 6.04. The van der Waals surface area contributed by atoms with E-state index in [0.717, 1.165) is 5.76 Å². The van der Waals surface area contributed by atoms with Gasteiger partial charge >= 0.3 is 0 Å². The van der Waals surface area contributed by atoms with Crippen molar-refractivity contribution >= 4 is 11.9 Å². The Hall–Kier alpha value is -4.35. The van der Waals surface area contributed by atoms with Gasteiger partial charge < -0.3 is 29.5 Å². The fraction of sp³-hybridized carbons (Fsp3) is 0.259. The highest BCUT2D eigenvalue weighted by Crippen LogP contribution is 2.35. The molecule has 0 unspecified atom stereocenters. The number of halogens is 1. The Morgan fingerprint density at radius 2 is 2.00 bits per heavy atom. The number of carbonyl (C=O) groups excluding carboxylic acids is 1. The molecule has 0 radical (unpaired) electrons. The predicted octanol–water partition coefficient (Wildman–Crippen LogP) is 4.23. The van der Waals surface area contributed by atoms with Gasteiger partial charge in [0, 0.05) is 18.3 Å². The molecule has 10 nitrogen and oxygen atoms in total. The molecule has 0 atom stereocenters. The first-order chi connectivity index (χ1) is 18.4. The largest absolute Gasteiger partial charge is 0.467 e. The minimum absolute atomic E-state index is 0.136. The Balaban J connectivity index is 1.41. The van der Waals surface area contributed by atoms with Crippen molar-refractivity contribution in [1.29, 1.82) is 0 Å². The molecular weight excluding hydrogens is 491 g/mol. The molecule has 1 saturated heterocycles. The number of H-pyrrole nitrogens is 1. The Labute approximate surface area is 218 Å². The topological polar surface area (TPSA) is 127 Å². The van der Waals surface area contributed by atoms with Gasteiger partial charge in [0.15, 0.2) is 5.82 Å². The van der Waals surface area contributed by atoms with Gasteiger partial charge in [0.05, 0.1) is 48.5 Å². The van der Waals surface area contributed by atoms with E-state index in [2.05, 4.69) is 32.2 Å². The number of carbonyl (C=O) groups is 1. The Morgan fingerprint density at radius 1 is 1.21 bits per heavy atom. The van der Waals surface area contributed by atoms with Gasteiger partial charge in [0.1, 0.15) is 11.6 Å². The summed E-state index contributed by atoms with van der Waals surface area (Å²) in [4.78, 5) is 29.4. The van der Waals surface area contributed by atoms with Crippen LogP contribution in [0.1, 0.15) is 24.8 Å². The van der Waals surface area contributed by atoms with Gasteiger partial charge in [-0.25, -0.2) is 19.3 Å².